The standard InChI is InChI=1S/C20H23N3O7/c1-22-17-15(18(24)23(2)20(22)26)11(19(25)30-6)9-12(21-17)10-7-13(27-3)16(29-5)14(8-10)28-4/h7-8,11H,9H2,1-6H3. The molecule has 0 amide bonds. The number of hydrogen-bond donors (Lipinski definition) is 0. The van der Waals surface area contributed by atoms with Gasteiger partial charge in [0.15, 0.2) is 11.5 Å². The molecule has 1 unspecified atom stereocenters. The molecule has 10 nitrogen and oxygen atoms in total. The van der Waals surface area contributed by atoms with E-state index in [4.69, 9.17) is 18.9 Å². The average Bonchev–Trinajstić information content (AvgIpc) is 2.78. The third-order valence-electron chi connectivity index (χ3n) is 5.14. The van der Waals surface area contributed by atoms with Crippen molar-refractivity contribution in [1.82, 2.24) is 9.13 Å². The van der Waals surface area contributed by atoms with Crippen LogP contribution >= 0.6 is 0 Å². The van der Waals surface area contributed by atoms with Gasteiger partial charge in [-0.15, -0.1) is 0 Å². The molecule has 0 fully saturated rings. The molecule has 3 rings (SSSR count). The summed E-state index contributed by atoms with van der Waals surface area (Å²) in [6.45, 7) is 0. The minimum Gasteiger partial charge on any atom is -0.493 e. The van der Waals surface area contributed by atoms with Crippen LogP contribution in [0, 0.1) is 0 Å². The van der Waals surface area contributed by atoms with Crippen LogP contribution in [-0.4, -0.2) is 49.3 Å². The molecule has 0 saturated carbocycles. The van der Waals surface area contributed by atoms with E-state index in [9.17, 15) is 14.4 Å². The van der Waals surface area contributed by atoms with Crippen LogP contribution in [0.3, 0.4) is 0 Å². The zero-order chi connectivity index (χ0) is 22.2. The van der Waals surface area contributed by atoms with Gasteiger partial charge in [0.2, 0.25) is 5.75 Å². The Hall–Kier alpha value is -3.56. The molecule has 1 aromatic heterocycles. The second kappa shape index (κ2) is 8.05. The minimum absolute atomic E-state index is 0.103. The van der Waals surface area contributed by atoms with Gasteiger partial charge in [0.05, 0.1) is 45.6 Å². The zero-order valence-electron chi connectivity index (χ0n) is 17.6. The fourth-order valence-corrected chi connectivity index (χ4v) is 3.54. The predicted octanol–water partition coefficient (Wildman–Crippen LogP) is 0.891. The topological polar surface area (TPSA) is 110 Å². The van der Waals surface area contributed by atoms with E-state index in [1.807, 2.05) is 0 Å². The van der Waals surface area contributed by atoms with E-state index < -0.39 is 23.1 Å². The van der Waals surface area contributed by atoms with Crippen molar-refractivity contribution in [1.29, 1.82) is 0 Å². The number of nitrogens with zero attached hydrogens (tertiary/aromatic N) is 3. The largest absolute Gasteiger partial charge is 0.493 e. The predicted molar refractivity (Wildman–Crippen MR) is 109 cm³/mol. The molecular formula is C20H23N3O7. The summed E-state index contributed by atoms with van der Waals surface area (Å²) in [6.07, 6.45) is 0.103. The van der Waals surface area contributed by atoms with Crippen LogP contribution < -0.4 is 25.5 Å². The van der Waals surface area contributed by atoms with Crippen LogP contribution in [0.1, 0.15) is 23.5 Å². The lowest BCUT2D eigenvalue weighted by Gasteiger charge is -2.25. The molecule has 2 aromatic rings. The van der Waals surface area contributed by atoms with Crippen molar-refractivity contribution in [2.24, 2.45) is 19.1 Å². The fourth-order valence-electron chi connectivity index (χ4n) is 3.54. The van der Waals surface area contributed by atoms with Gasteiger partial charge in [0.25, 0.3) is 5.56 Å². The molecule has 0 N–H and O–H groups in total. The van der Waals surface area contributed by atoms with E-state index in [-0.39, 0.29) is 17.8 Å². The normalized spacial score (nSPS) is 15.1. The maximum absolute atomic E-state index is 12.8. The smallest absolute Gasteiger partial charge is 0.332 e. The Labute approximate surface area is 172 Å². The van der Waals surface area contributed by atoms with Crippen LogP contribution in [0.4, 0.5) is 5.82 Å². The van der Waals surface area contributed by atoms with Crippen molar-refractivity contribution >= 4 is 17.5 Å². The summed E-state index contributed by atoms with van der Waals surface area (Å²) in [5.41, 5.74) is 0.0775. The van der Waals surface area contributed by atoms with E-state index in [0.29, 0.717) is 28.5 Å². The van der Waals surface area contributed by atoms with Crippen molar-refractivity contribution in [2.75, 3.05) is 28.4 Å². The first-order chi connectivity index (χ1) is 14.3. The molecule has 0 saturated heterocycles. The molecule has 2 heterocycles. The quantitative estimate of drug-likeness (QED) is 0.665. The molecule has 10 heteroatoms. The van der Waals surface area contributed by atoms with Gasteiger partial charge < -0.3 is 18.9 Å². The number of carbonyl (C=O) groups excluding carboxylic acids is 1. The van der Waals surface area contributed by atoms with E-state index in [1.165, 1.54) is 47.1 Å². The van der Waals surface area contributed by atoms with Gasteiger partial charge >= 0.3 is 11.7 Å². The molecule has 0 bridgehead atoms. The van der Waals surface area contributed by atoms with Crippen LogP contribution in [0.5, 0.6) is 17.2 Å². The molecular weight excluding hydrogens is 394 g/mol. The van der Waals surface area contributed by atoms with Crippen LogP contribution in [0.25, 0.3) is 0 Å². The van der Waals surface area contributed by atoms with Gasteiger partial charge in [-0.05, 0) is 12.1 Å². The molecule has 0 spiro atoms. The summed E-state index contributed by atoms with van der Waals surface area (Å²) in [5.74, 6) is -0.158. The number of rotatable bonds is 5. The highest BCUT2D eigenvalue weighted by molar-refractivity contribution is 6.07. The summed E-state index contributed by atoms with van der Waals surface area (Å²) in [6, 6.07) is 3.39. The molecule has 1 aliphatic heterocycles. The molecule has 1 aliphatic rings. The van der Waals surface area contributed by atoms with E-state index in [2.05, 4.69) is 4.99 Å². The third kappa shape index (κ3) is 3.23. The monoisotopic (exact) mass is 417 g/mol. The summed E-state index contributed by atoms with van der Waals surface area (Å²) in [4.78, 5) is 42.3. The van der Waals surface area contributed by atoms with Gasteiger partial charge in [-0.1, -0.05) is 0 Å². The number of aromatic nitrogens is 2. The molecule has 0 radical (unpaired) electrons. The van der Waals surface area contributed by atoms with E-state index in [0.717, 1.165) is 4.57 Å². The number of ether oxygens (including phenoxy) is 4. The molecule has 0 aliphatic carbocycles. The average molecular weight is 417 g/mol. The lowest BCUT2D eigenvalue weighted by Crippen LogP contribution is -2.42. The number of hydrogen-bond acceptors (Lipinski definition) is 8. The molecule has 1 aromatic carbocycles. The lowest BCUT2D eigenvalue weighted by atomic mass is 9.89. The van der Waals surface area contributed by atoms with E-state index in [1.54, 1.807) is 12.1 Å². The highest BCUT2D eigenvalue weighted by Crippen LogP contribution is 2.41. The second-order valence-corrected chi connectivity index (χ2v) is 6.70. The highest BCUT2D eigenvalue weighted by atomic mass is 16.5. The first kappa shape index (κ1) is 21.2. The van der Waals surface area contributed by atoms with Crippen LogP contribution in [0.2, 0.25) is 0 Å². The van der Waals surface area contributed by atoms with Crippen molar-refractivity contribution < 1.29 is 23.7 Å². The molecule has 1 atom stereocenters. The van der Waals surface area contributed by atoms with Gasteiger partial charge in [0, 0.05) is 26.1 Å². The Morgan fingerprint density at radius 1 is 1.00 bits per heavy atom. The summed E-state index contributed by atoms with van der Waals surface area (Å²) in [5, 5.41) is 0. The number of fused-ring (bicyclic) bond motifs is 1. The van der Waals surface area contributed by atoms with Gasteiger partial charge in [-0.3, -0.25) is 18.7 Å². The molecule has 160 valence electrons. The van der Waals surface area contributed by atoms with Gasteiger partial charge in [-0.25, -0.2) is 9.79 Å². The summed E-state index contributed by atoms with van der Waals surface area (Å²) >= 11 is 0. The number of methoxy groups -OCH3 is 4. The Kier molecular flexibility index (Phi) is 5.68. The van der Waals surface area contributed by atoms with Crippen molar-refractivity contribution in [2.45, 2.75) is 12.3 Å². The first-order valence-corrected chi connectivity index (χ1v) is 9.04. The minimum atomic E-state index is -0.915. The van der Waals surface area contributed by atoms with Crippen molar-refractivity contribution in [3.05, 3.63) is 44.1 Å². The second-order valence-electron chi connectivity index (χ2n) is 6.70. The Bertz CT molecular complexity index is 1140. The zero-order valence-corrected chi connectivity index (χ0v) is 17.6. The number of carbonyl (C=O) groups is 1. The Morgan fingerprint density at radius 3 is 2.10 bits per heavy atom. The Morgan fingerprint density at radius 2 is 1.60 bits per heavy atom. The number of esters is 1. The van der Waals surface area contributed by atoms with Gasteiger partial charge in [0.1, 0.15) is 5.82 Å². The number of benzene rings is 1. The van der Waals surface area contributed by atoms with Crippen LogP contribution in [-0.2, 0) is 23.6 Å². The summed E-state index contributed by atoms with van der Waals surface area (Å²) in [7, 11) is 8.58. The van der Waals surface area contributed by atoms with Crippen LogP contribution in [0.15, 0.2) is 26.7 Å². The maximum Gasteiger partial charge on any atom is 0.332 e. The third-order valence-corrected chi connectivity index (χ3v) is 5.14. The number of aliphatic imine (C=N–C) groups is 1. The maximum atomic E-state index is 12.8. The Balaban J connectivity index is 2.32. The highest BCUT2D eigenvalue weighted by Gasteiger charge is 2.35. The van der Waals surface area contributed by atoms with Gasteiger partial charge in [-0.2, -0.15) is 0 Å². The summed E-state index contributed by atoms with van der Waals surface area (Å²) < 4.78 is 23.2. The van der Waals surface area contributed by atoms with E-state index >= 15 is 0 Å². The van der Waals surface area contributed by atoms with Crippen molar-refractivity contribution in [3.63, 3.8) is 0 Å². The first-order valence-electron chi connectivity index (χ1n) is 9.04. The fraction of sp³-hybridized carbons (Fsp3) is 0.400. The molecule has 30 heavy (non-hydrogen) atoms. The lowest BCUT2D eigenvalue weighted by molar-refractivity contribution is -0.142. The van der Waals surface area contributed by atoms with Crippen molar-refractivity contribution in [3.8, 4) is 17.2 Å². The SMILES string of the molecule is COC(=O)C1CC(c2cc(OC)c(OC)c(OC)c2)=Nc2c1c(=O)n(C)c(=O)n2C.